The maximum atomic E-state index is 12.7. The van der Waals surface area contributed by atoms with E-state index in [1.807, 2.05) is 0 Å². The molecule has 106 valence electrons. The lowest BCUT2D eigenvalue weighted by atomic mass is 10.3. The summed E-state index contributed by atoms with van der Waals surface area (Å²) in [5.74, 6) is 0. The number of nitrogens with zero attached hydrogens (tertiary/aromatic N) is 1. The SMILES string of the molecule is CCN(c1ccccc1N)S(=O)(=O)c1ccc(Cl)cc1. The Morgan fingerprint density at radius 1 is 1.10 bits per heavy atom. The summed E-state index contributed by atoms with van der Waals surface area (Å²) in [6.07, 6.45) is 0. The van der Waals surface area contributed by atoms with Crippen LogP contribution in [0.1, 0.15) is 6.92 Å². The molecule has 0 aliphatic heterocycles. The van der Waals surface area contributed by atoms with E-state index in [1.54, 1.807) is 43.3 Å². The lowest BCUT2D eigenvalue weighted by molar-refractivity contribution is 0.592. The van der Waals surface area contributed by atoms with Crippen LogP contribution in [0.25, 0.3) is 0 Å². The van der Waals surface area contributed by atoms with Crippen LogP contribution in [-0.4, -0.2) is 15.0 Å². The van der Waals surface area contributed by atoms with Gasteiger partial charge in [0.05, 0.1) is 16.3 Å². The van der Waals surface area contributed by atoms with E-state index >= 15 is 0 Å². The molecular weight excluding hydrogens is 296 g/mol. The molecule has 2 N–H and O–H groups in total. The molecule has 6 heteroatoms. The van der Waals surface area contributed by atoms with E-state index in [9.17, 15) is 8.42 Å². The van der Waals surface area contributed by atoms with Gasteiger partial charge in [0.25, 0.3) is 10.0 Å². The van der Waals surface area contributed by atoms with E-state index in [4.69, 9.17) is 17.3 Å². The molecule has 4 nitrogen and oxygen atoms in total. The third-order valence-electron chi connectivity index (χ3n) is 2.89. The molecule has 2 aromatic carbocycles. The van der Waals surface area contributed by atoms with Gasteiger partial charge >= 0.3 is 0 Å². The van der Waals surface area contributed by atoms with E-state index in [0.29, 0.717) is 22.9 Å². The highest BCUT2D eigenvalue weighted by molar-refractivity contribution is 7.92. The van der Waals surface area contributed by atoms with Crippen molar-refractivity contribution >= 4 is 33.0 Å². The van der Waals surface area contributed by atoms with Gasteiger partial charge < -0.3 is 5.73 Å². The molecule has 2 aromatic rings. The topological polar surface area (TPSA) is 63.4 Å². The van der Waals surface area contributed by atoms with Crippen LogP contribution in [0.4, 0.5) is 11.4 Å². The quantitative estimate of drug-likeness (QED) is 0.882. The minimum Gasteiger partial charge on any atom is -0.397 e. The molecule has 0 fully saturated rings. The number of hydrogen-bond acceptors (Lipinski definition) is 3. The lowest BCUT2D eigenvalue weighted by Crippen LogP contribution is -2.31. The second kappa shape index (κ2) is 5.73. The van der Waals surface area contributed by atoms with Crippen molar-refractivity contribution in [2.75, 3.05) is 16.6 Å². The zero-order valence-corrected chi connectivity index (χ0v) is 12.5. The smallest absolute Gasteiger partial charge is 0.264 e. The fraction of sp³-hybridized carbons (Fsp3) is 0.143. The first-order valence-electron chi connectivity index (χ1n) is 6.09. The number of nitrogens with two attached hydrogens (primary N) is 1. The Morgan fingerprint density at radius 3 is 2.25 bits per heavy atom. The van der Waals surface area contributed by atoms with E-state index < -0.39 is 10.0 Å². The zero-order valence-electron chi connectivity index (χ0n) is 11.0. The molecule has 0 bridgehead atoms. The highest BCUT2D eigenvalue weighted by Crippen LogP contribution is 2.28. The number of hydrogen-bond donors (Lipinski definition) is 1. The summed E-state index contributed by atoms with van der Waals surface area (Å²) in [6, 6.07) is 13.0. The largest absolute Gasteiger partial charge is 0.397 e. The van der Waals surface area contributed by atoms with E-state index in [-0.39, 0.29) is 4.90 Å². The maximum absolute atomic E-state index is 12.7. The van der Waals surface area contributed by atoms with Gasteiger partial charge in [0.2, 0.25) is 0 Å². The van der Waals surface area contributed by atoms with Crippen LogP contribution in [-0.2, 0) is 10.0 Å². The van der Waals surface area contributed by atoms with Gasteiger partial charge in [0, 0.05) is 11.6 Å². The summed E-state index contributed by atoms with van der Waals surface area (Å²) in [6.45, 7) is 2.05. The van der Waals surface area contributed by atoms with Crippen LogP contribution in [0, 0.1) is 0 Å². The number of halogens is 1. The van der Waals surface area contributed by atoms with Gasteiger partial charge in [0.15, 0.2) is 0 Å². The first-order chi connectivity index (χ1) is 9.46. The number of rotatable bonds is 4. The monoisotopic (exact) mass is 310 g/mol. The van der Waals surface area contributed by atoms with E-state index in [0.717, 1.165) is 0 Å². The Hall–Kier alpha value is -1.72. The van der Waals surface area contributed by atoms with Gasteiger partial charge in [-0.25, -0.2) is 8.42 Å². The predicted octanol–water partition coefficient (Wildman–Crippen LogP) is 3.14. The van der Waals surface area contributed by atoms with Gasteiger partial charge in [-0.1, -0.05) is 23.7 Å². The third-order valence-corrected chi connectivity index (χ3v) is 5.05. The predicted molar refractivity (Wildman–Crippen MR) is 82.5 cm³/mol. The molecule has 0 saturated carbocycles. The minimum atomic E-state index is -3.65. The molecule has 0 aliphatic carbocycles. The highest BCUT2D eigenvalue weighted by atomic mass is 35.5. The van der Waals surface area contributed by atoms with Crippen LogP contribution >= 0.6 is 11.6 Å². The number of anilines is 2. The van der Waals surface area contributed by atoms with Gasteiger partial charge in [-0.15, -0.1) is 0 Å². The summed E-state index contributed by atoms with van der Waals surface area (Å²) in [4.78, 5) is 0.187. The Balaban J connectivity index is 2.51. The van der Waals surface area contributed by atoms with Gasteiger partial charge in [0.1, 0.15) is 0 Å². The fourth-order valence-corrected chi connectivity index (χ4v) is 3.54. The molecule has 2 rings (SSSR count). The number of benzene rings is 2. The molecule has 0 radical (unpaired) electrons. The average Bonchev–Trinajstić information content (AvgIpc) is 2.42. The maximum Gasteiger partial charge on any atom is 0.264 e. The van der Waals surface area contributed by atoms with Crippen molar-refractivity contribution in [3.8, 4) is 0 Å². The molecule has 0 spiro atoms. The van der Waals surface area contributed by atoms with Gasteiger partial charge in [-0.05, 0) is 43.3 Å². The molecule has 0 atom stereocenters. The summed E-state index contributed by atoms with van der Waals surface area (Å²) in [7, 11) is -3.65. The summed E-state index contributed by atoms with van der Waals surface area (Å²) >= 11 is 5.79. The van der Waals surface area contributed by atoms with Gasteiger partial charge in [-0.3, -0.25) is 4.31 Å². The van der Waals surface area contributed by atoms with Crippen LogP contribution in [0.3, 0.4) is 0 Å². The second-order valence-electron chi connectivity index (χ2n) is 4.18. The zero-order chi connectivity index (χ0) is 14.8. The standard InChI is InChI=1S/C14H15ClN2O2S/c1-2-17(14-6-4-3-5-13(14)16)20(18,19)12-9-7-11(15)8-10-12/h3-10H,2,16H2,1H3. The van der Waals surface area contributed by atoms with Crippen molar-refractivity contribution in [1.82, 2.24) is 0 Å². The summed E-state index contributed by atoms with van der Waals surface area (Å²) < 4.78 is 26.6. The molecule has 20 heavy (non-hydrogen) atoms. The minimum absolute atomic E-state index is 0.187. The molecule has 0 heterocycles. The number of sulfonamides is 1. The molecule has 0 amide bonds. The first kappa shape index (κ1) is 14.7. The summed E-state index contributed by atoms with van der Waals surface area (Å²) in [5, 5.41) is 0.492. The number of para-hydroxylation sites is 2. The van der Waals surface area contributed by atoms with Crippen LogP contribution in [0.2, 0.25) is 5.02 Å². The van der Waals surface area contributed by atoms with Crippen molar-refractivity contribution in [3.05, 3.63) is 53.6 Å². The second-order valence-corrected chi connectivity index (χ2v) is 6.48. The van der Waals surface area contributed by atoms with Crippen LogP contribution < -0.4 is 10.0 Å². The molecule has 0 aromatic heterocycles. The lowest BCUT2D eigenvalue weighted by Gasteiger charge is -2.24. The average molecular weight is 311 g/mol. The van der Waals surface area contributed by atoms with E-state index in [2.05, 4.69) is 0 Å². The molecular formula is C14H15ClN2O2S. The van der Waals surface area contributed by atoms with Crippen molar-refractivity contribution in [2.24, 2.45) is 0 Å². The summed E-state index contributed by atoms with van der Waals surface area (Å²) in [5.41, 5.74) is 6.77. The third kappa shape index (κ3) is 2.73. The Morgan fingerprint density at radius 2 is 1.70 bits per heavy atom. The Bertz CT molecular complexity index is 699. The van der Waals surface area contributed by atoms with Crippen molar-refractivity contribution in [1.29, 1.82) is 0 Å². The van der Waals surface area contributed by atoms with Crippen molar-refractivity contribution in [3.63, 3.8) is 0 Å². The Kier molecular flexibility index (Phi) is 4.20. The molecule has 0 saturated heterocycles. The van der Waals surface area contributed by atoms with E-state index in [1.165, 1.54) is 16.4 Å². The van der Waals surface area contributed by atoms with Crippen molar-refractivity contribution in [2.45, 2.75) is 11.8 Å². The first-order valence-corrected chi connectivity index (χ1v) is 7.91. The highest BCUT2D eigenvalue weighted by Gasteiger charge is 2.24. The Labute approximate surface area is 123 Å². The molecule has 0 aliphatic rings. The van der Waals surface area contributed by atoms with Crippen LogP contribution in [0.15, 0.2) is 53.4 Å². The van der Waals surface area contributed by atoms with Crippen molar-refractivity contribution < 1.29 is 8.42 Å². The van der Waals surface area contributed by atoms with Crippen LogP contribution in [0.5, 0.6) is 0 Å². The fourth-order valence-electron chi connectivity index (χ4n) is 1.92. The number of nitrogen functional groups attached to an aromatic ring is 1. The normalized spacial score (nSPS) is 11.3. The molecule has 0 unspecified atom stereocenters. The van der Waals surface area contributed by atoms with Gasteiger partial charge in [-0.2, -0.15) is 0 Å².